The molecule has 1 aromatic heterocycles. The van der Waals surface area contributed by atoms with Crippen molar-refractivity contribution < 1.29 is 22.7 Å². The van der Waals surface area contributed by atoms with Crippen LogP contribution in [0.4, 0.5) is 0 Å². The molecule has 3 aromatic carbocycles. The summed E-state index contributed by atoms with van der Waals surface area (Å²) in [6, 6.07) is 21.9. The van der Waals surface area contributed by atoms with Crippen LogP contribution < -0.4 is 9.47 Å². The number of rotatable bonds is 9. The van der Waals surface area contributed by atoms with Gasteiger partial charge in [0.05, 0.1) is 22.0 Å². The third kappa shape index (κ3) is 5.70. The number of thiocarbonyl (C=S) groups is 1. The molecule has 3 heterocycles. The summed E-state index contributed by atoms with van der Waals surface area (Å²) in [6.07, 6.45) is 3.60. The molecule has 220 valence electrons. The van der Waals surface area contributed by atoms with Gasteiger partial charge in [-0.15, -0.1) is 0 Å². The van der Waals surface area contributed by atoms with Gasteiger partial charge in [-0.2, -0.15) is 9.40 Å². The molecular formula is C31H28N4O5S3. The molecule has 0 saturated carbocycles. The maximum absolute atomic E-state index is 13.6. The second kappa shape index (κ2) is 12.0. The van der Waals surface area contributed by atoms with Crippen molar-refractivity contribution in [3.8, 4) is 28.4 Å². The van der Waals surface area contributed by atoms with E-state index in [1.165, 1.54) is 16.1 Å². The number of aromatic nitrogens is 2. The fourth-order valence-electron chi connectivity index (χ4n) is 4.95. The normalized spacial score (nSPS) is 15.7. The molecule has 9 nitrogen and oxygen atoms in total. The molecule has 0 atom stereocenters. The number of fused-ring (bicyclic) bond motifs is 1. The van der Waals surface area contributed by atoms with Gasteiger partial charge >= 0.3 is 0 Å². The number of hydrogen-bond donors (Lipinski definition) is 0. The van der Waals surface area contributed by atoms with Crippen LogP contribution in [0.15, 0.2) is 88.8 Å². The lowest BCUT2D eigenvalue weighted by Crippen LogP contribution is -2.30. The van der Waals surface area contributed by atoms with Gasteiger partial charge in [0, 0.05) is 30.4 Å². The summed E-state index contributed by atoms with van der Waals surface area (Å²) in [5.41, 5.74) is 3.51. The molecule has 12 heteroatoms. The van der Waals surface area contributed by atoms with Crippen LogP contribution in [0.2, 0.25) is 0 Å². The van der Waals surface area contributed by atoms with Gasteiger partial charge in [-0.25, -0.2) is 13.1 Å². The van der Waals surface area contributed by atoms with Crippen molar-refractivity contribution in [3.05, 3.63) is 95.0 Å². The Morgan fingerprint density at radius 2 is 1.77 bits per heavy atom. The van der Waals surface area contributed by atoms with Crippen LogP contribution in [0.1, 0.15) is 25.0 Å². The molecule has 0 aliphatic carbocycles. The number of para-hydroxylation sites is 1. The number of thioether (sulfide) groups is 1. The summed E-state index contributed by atoms with van der Waals surface area (Å²) in [5, 5.41) is 4.84. The van der Waals surface area contributed by atoms with Crippen molar-refractivity contribution >= 4 is 50.3 Å². The number of carbonyl (C=O) groups is 1. The molecule has 0 bridgehead atoms. The minimum Gasteiger partial charge on any atom is -0.454 e. The highest BCUT2D eigenvalue weighted by molar-refractivity contribution is 8.26. The van der Waals surface area contributed by atoms with Gasteiger partial charge in [0.1, 0.15) is 10.0 Å². The topological polar surface area (TPSA) is 94.0 Å². The third-order valence-electron chi connectivity index (χ3n) is 7.15. The zero-order valence-electron chi connectivity index (χ0n) is 23.5. The quantitative estimate of drug-likeness (QED) is 0.171. The van der Waals surface area contributed by atoms with Gasteiger partial charge in [0.15, 0.2) is 11.5 Å². The van der Waals surface area contributed by atoms with Gasteiger partial charge in [-0.3, -0.25) is 9.69 Å². The van der Waals surface area contributed by atoms with Crippen LogP contribution in [0.3, 0.4) is 0 Å². The lowest BCUT2D eigenvalue weighted by Gasteiger charge is -2.18. The van der Waals surface area contributed by atoms with E-state index in [0.717, 1.165) is 11.3 Å². The Balaban J connectivity index is 1.37. The summed E-state index contributed by atoms with van der Waals surface area (Å²) >= 11 is 6.82. The van der Waals surface area contributed by atoms with Gasteiger partial charge in [0.25, 0.3) is 5.91 Å². The minimum absolute atomic E-state index is 0.173. The second-order valence-electron chi connectivity index (χ2n) is 9.79. The first-order valence-electron chi connectivity index (χ1n) is 13.7. The van der Waals surface area contributed by atoms with E-state index in [4.69, 9.17) is 26.8 Å². The highest BCUT2D eigenvalue weighted by Crippen LogP contribution is 2.38. The molecule has 2 aliphatic heterocycles. The van der Waals surface area contributed by atoms with Gasteiger partial charge in [-0.1, -0.05) is 74.2 Å². The van der Waals surface area contributed by atoms with E-state index >= 15 is 0 Å². The zero-order chi connectivity index (χ0) is 30.1. The van der Waals surface area contributed by atoms with E-state index in [2.05, 4.69) is 0 Å². The number of carbonyl (C=O) groups excluding carboxylic acids is 1. The lowest BCUT2D eigenvalue weighted by molar-refractivity contribution is -0.122. The smallest absolute Gasteiger partial charge is 0.266 e. The Morgan fingerprint density at radius 1 is 1.00 bits per heavy atom. The standard InChI is InChI=1S/C31H28N4O5S3/c1-3-33(4-2)43(37,38)25-12-8-9-22(16-25)29-23(19-35(32-29)24-10-6-5-7-11-24)17-28-30(36)34(31(41)42-28)18-21-13-14-26-27(15-21)40-20-39-26/h5-17,19H,3-4,18,20H2,1-2H3. The molecule has 6 rings (SSSR count). The molecule has 1 fully saturated rings. The first kappa shape index (κ1) is 29.1. The van der Waals surface area contributed by atoms with Gasteiger partial charge in [0.2, 0.25) is 16.8 Å². The fraction of sp³-hybridized carbons (Fsp3) is 0.194. The Kier molecular flexibility index (Phi) is 8.10. The molecule has 1 amide bonds. The predicted molar refractivity (Wildman–Crippen MR) is 170 cm³/mol. The van der Waals surface area contributed by atoms with Crippen LogP contribution in [0, 0.1) is 0 Å². The molecule has 43 heavy (non-hydrogen) atoms. The minimum atomic E-state index is -3.68. The average molecular weight is 633 g/mol. The van der Waals surface area contributed by atoms with E-state index in [0.29, 0.717) is 57.2 Å². The van der Waals surface area contributed by atoms with Crippen molar-refractivity contribution in [1.29, 1.82) is 0 Å². The number of nitrogens with zero attached hydrogens (tertiary/aromatic N) is 4. The molecule has 0 radical (unpaired) electrons. The number of benzene rings is 3. The summed E-state index contributed by atoms with van der Waals surface area (Å²) in [7, 11) is -3.68. The Labute approximate surface area is 259 Å². The van der Waals surface area contributed by atoms with Crippen molar-refractivity contribution in [2.45, 2.75) is 25.3 Å². The fourth-order valence-corrected chi connectivity index (χ4v) is 7.70. The molecule has 1 saturated heterocycles. The van der Waals surface area contributed by atoms with E-state index in [1.807, 2.05) is 74.6 Å². The van der Waals surface area contributed by atoms with E-state index in [9.17, 15) is 13.2 Å². The predicted octanol–water partition coefficient (Wildman–Crippen LogP) is 5.70. The van der Waals surface area contributed by atoms with E-state index < -0.39 is 10.0 Å². The average Bonchev–Trinajstić information content (AvgIpc) is 3.73. The molecular weight excluding hydrogens is 605 g/mol. The van der Waals surface area contributed by atoms with Crippen LogP contribution in [0.25, 0.3) is 23.0 Å². The summed E-state index contributed by atoms with van der Waals surface area (Å²) in [5.74, 6) is 1.09. The monoisotopic (exact) mass is 632 g/mol. The van der Waals surface area contributed by atoms with Crippen molar-refractivity contribution in [2.24, 2.45) is 0 Å². The molecule has 0 N–H and O–H groups in total. The van der Waals surface area contributed by atoms with Gasteiger partial charge in [-0.05, 0) is 48.0 Å². The van der Waals surface area contributed by atoms with Crippen LogP contribution in [-0.2, 0) is 21.4 Å². The number of sulfonamides is 1. The molecule has 0 spiro atoms. The van der Waals surface area contributed by atoms with Crippen LogP contribution in [0.5, 0.6) is 11.5 Å². The maximum atomic E-state index is 13.6. The van der Waals surface area contributed by atoms with Crippen LogP contribution >= 0.6 is 24.0 Å². The third-order valence-corrected chi connectivity index (χ3v) is 10.6. The van der Waals surface area contributed by atoms with Crippen molar-refractivity contribution in [1.82, 2.24) is 19.0 Å². The van der Waals surface area contributed by atoms with E-state index in [1.54, 1.807) is 33.9 Å². The summed E-state index contributed by atoms with van der Waals surface area (Å²) in [6.45, 7) is 4.82. The SMILES string of the molecule is CCN(CC)S(=O)(=O)c1cccc(-c2nn(-c3ccccc3)cc2C=C2SC(=S)N(Cc3ccc4c(c3)OCO4)C2=O)c1. The maximum Gasteiger partial charge on any atom is 0.266 e. The molecule has 0 unspecified atom stereocenters. The van der Waals surface area contributed by atoms with E-state index in [-0.39, 0.29) is 17.6 Å². The zero-order valence-corrected chi connectivity index (χ0v) is 25.9. The van der Waals surface area contributed by atoms with Crippen molar-refractivity contribution in [3.63, 3.8) is 0 Å². The highest BCUT2D eigenvalue weighted by Gasteiger charge is 2.33. The summed E-state index contributed by atoms with van der Waals surface area (Å²) in [4.78, 5) is 15.8. The summed E-state index contributed by atoms with van der Waals surface area (Å²) < 4.78 is 41.1. The number of hydrogen-bond acceptors (Lipinski definition) is 8. The first-order chi connectivity index (χ1) is 20.8. The molecule has 2 aliphatic rings. The molecule has 4 aromatic rings. The number of amides is 1. The highest BCUT2D eigenvalue weighted by atomic mass is 32.2. The Hall–Kier alpha value is -3.97. The first-order valence-corrected chi connectivity index (χ1v) is 16.3. The Bertz CT molecular complexity index is 1850. The van der Waals surface area contributed by atoms with Crippen molar-refractivity contribution in [2.75, 3.05) is 19.9 Å². The largest absolute Gasteiger partial charge is 0.454 e. The Morgan fingerprint density at radius 3 is 2.53 bits per heavy atom. The van der Waals surface area contributed by atoms with Crippen LogP contribution in [-0.4, -0.2) is 57.5 Å². The number of ether oxygens (including phenoxy) is 2. The lowest BCUT2D eigenvalue weighted by atomic mass is 10.1. The van der Waals surface area contributed by atoms with Gasteiger partial charge < -0.3 is 9.47 Å². The second-order valence-corrected chi connectivity index (χ2v) is 13.4.